The normalized spacial score (nSPS) is 18.4. The largest absolute Gasteiger partial charge is 0.393 e. The number of halogens is 2. The molecule has 1 fully saturated rings. The van der Waals surface area contributed by atoms with Gasteiger partial charge in [-0.2, -0.15) is 0 Å². The first-order valence-electron chi connectivity index (χ1n) is 8.40. The molecule has 1 aliphatic heterocycles. The maximum atomic E-state index is 14.6. The quantitative estimate of drug-likeness (QED) is 0.920. The highest BCUT2D eigenvalue weighted by Crippen LogP contribution is 2.28. The number of likely N-dealkylation sites (tertiary alicyclic amines) is 1. The van der Waals surface area contributed by atoms with Gasteiger partial charge in [0.2, 0.25) is 0 Å². The lowest BCUT2D eigenvalue weighted by Gasteiger charge is -2.18. The van der Waals surface area contributed by atoms with Gasteiger partial charge in [0.1, 0.15) is 11.6 Å². The summed E-state index contributed by atoms with van der Waals surface area (Å²) in [6.45, 7) is 4.49. The summed E-state index contributed by atoms with van der Waals surface area (Å²) in [6.07, 6.45) is 0.289. The number of carbonyl (C=O) groups excluding carboxylic acids is 1. The lowest BCUT2D eigenvalue weighted by molar-refractivity contribution is 0.0762. The number of aliphatic hydroxyl groups is 1. The van der Waals surface area contributed by atoms with Gasteiger partial charge in [0, 0.05) is 30.1 Å². The van der Waals surface area contributed by atoms with Gasteiger partial charge in [0.25, 0.3) is 5.91 Å². The van der Waals surface area contributed by atoms with Crippen molar-refractivity contribution in [3.8, 4) is 11.1 Å². The summed E-state index contributed by atoms with van der Waals surface area (Å²) in [7, 11) is 0. The Morgan fingerprint density at radius 1 is 1.20 bits per heavy atom. The summed E-state index contributed by atoms with van der Waals surface area (Å²) in [5.41, 5.74) is 1.87. The van der Waals surface area contributed by atoms with Crippen molar-refractivity contribution in [3.63, 3.8) is 0 Å². The highest BCUT2D eigenvalue weighted by atomic mass is 19.1. The predicted octanol–water partition coefficient (Wildman–Crippen LogP) is 3.78. The van der Waals surface area contributed by atoms with Gasteiger partial charge in [0.05, 0.1) is 6.10 Å². The van der Waals surface area contributed by atoms with E-state index in [0.29, 0.717) is 29.8 Å². The van der Waals surface area contributed by atoms with Crippen molar-refractivity contribution in [2.24, 2.45) is 5.92 Å². The lowest BCUT2D eigenvalue weighted by atomic mass is 9.98. The minimum absolute atomic E-state index is 0.0648. The predicted molar refractivity (Wildman–Crippen MR) is 92.2 cm³/mol. The first-order valence-corrected chi connectivity index (χ1v) is 8.40. The number of benzene rings is 2. The average Bonchev–Trinajstić information content (AvgIpc) is 3.05. The van der Waals surface area contributed by atoms with Gasteiger partial charge in [-0.25, -0.2) is 8.78 Å². The topological polar surface area (TPSA) is 40.5 Å². The third kappa shape index (κ3) is 3.56. The molecule has 0 spiro atoms. The molecule has 1 amide bonds. The number of rotatable bonds is 3. The van der Waals surface area contributed by atoms with E-state index in [1.165, 1.54) is 24.3 Å². The van der Waals surface area contributed by atoms with E-state index in [2.05, 4.69) is 0 Å². The molecule has 0 bridgehead atoms. The van der Waals surface area contributed by atoms with E-state index in [1.807, 2.05) is 0 Å². The Bertz CT molecular complexity index is 804. The molecule has 0 aliphatic carbocycles. The first kappa shape index (κ1) is 17.5. The van der Waals surface area contributed by atoms with Gasteiger partial charge in [-0.05, 0) is 55.7 Å². The van der Waals surface area contributed by atoms with E-state index in [0.717, 1.165) is 6.42 Å². The Labute approximate surface area is 145 Å². The van der Waals surface area contributed by atoms with Gasteiger partial charge < -0.3 is 10.0 Å². The van der Waals surface area contributed by atoms with Crippen molar-refractivity contribution < 1.29 is 18.7 Å². The van der Waals surface area contributed by atoms with Crippen LogP contribution in [0.3, 0.4) is 0 Å². The van der Waals surface area contributed by atoms with Crippen LogP contribution >= 0.6 is 0 Å². The summed E-state index contributed by atoms with van der Waals surface area (Å²) in [5, 5.41) is 9.65. The zero-order valence-electron chi connectivity index (χ0n) is 14.3. The van der Waals surface area contributed by atoms with E-state index < -0.39 is 11.9 Å². The molecule has 0 aromatic heterocycles. The van der Waals surface area contributed by atoms with Crippen LogP contribution in [0.2, 0.25) is 0 Å². The molecular formula is C20H21F2NO2. The van der Waals surface area contributed by atoms with Gasteiger partial charge in [-0.3, -0.25) is 4.79 Å². The molecule has 2 unspecified atom stereocenters. The third-order valence-electron chi connectivity index (χ3n) is 4.89. The number of hydrogen-bond donors (Lipinski definition) is 1. The van der Waals surface area contributed by atoms with Crippen LogP contribution in [-0.4, -0.2) is 35.1 Å². The van der Waals surface area contributed by atoms with Crippen LogP contribution in [0.4, 0.5) is 8.78 Å². The van der Waals surface area contributed by atoms with E-state index in [1.54, 1.807) is 30.9 Å². The Morgan fingerprint density at radius 3 is 2.52 bits per heavy atom. The maximum absolute atomic E-state index is 14.6. The van der Waals surface area contributed by atoms with Gasteiger partial charge in [0.15, 0.2) is 0 Å². The second kappa shape index (κ2) is 6.92. The van der Waals surface area contributed by atoms with E-state index in [-0.39, 0.29) is 23.2 Å². The molecule has 132 valence electrons. The van der Waals surface area contributed by atoms with Crippen LogP contribution in [0.1, 0.15) is 29.3 Å². The highest BCUT2D eigenvalue weighted by Gasteiger charge is 2.29. The number of nitrogens with zero attached hydrogens (tertiary/aromatic N) is 1. The second-order valence-electron chi connectivity index (χ2n) is 6.69. The smallest absolute Gasteiger partial charge is 0.253 e. The molecule has 1 N–H and O–H groups in total. The number of aryl methyl sites for hydroxylation is 1. The number of aliphatic hydroxyl groups excluding tert-OH is 1. The van der Waals surface area contributed by atoms with Crippen molar-refractivity contribution in [2.45, 2.75) is 26.4 Å². The van der Waals surface area contributed by atoms with Crippen molar-refractivity contribution >= 4 is 5.91 Å². The second-order valence-corrected chi connectivity index (χ2v) is 6.69. The molecule has 1 saturated heterocycles. The van der Waals surface area contributed by atoms with E-state index >= 15 is 0 Å². The van der Waals surface area contributed by atoms with Crippen molar-refractivity contribution in [3.05, 3.63) is 59.2 Å². The number of amides is 1. The zero-order valence-corrected chi connectivity index (χ0v) is 14.3. The molecule has 2 atom stereocenters. The SMILES string of the molecule is Cc1cc(F)ccc1-c1ccc(C(=O)N2CCC(C(C)O)C2)cc1F. The highest BCUT2D eigenvalue weighted by molar-refractivity contribution is 5.95. The van der Waals surface area contributed by atoms with Gasteiger partial charge >= 0.3 is 0 Å². The monoisotopic (exact) mass is 345 g/mol. The average molecular weight is 345 g/mol. The fourth-order valence-corrected chi connectivity index (χ4v) is 3.34. The summed E-state index contributed by atoms with van der Waals surface area (Å²) in [6, 6.07) is 8.58. The van der Waals surface area contributed by atoms with Gasteiger partial charge in [-0.1, -0.05) is 12.1 Å². The minimum Gasteiger partial charge on any atom is -0.393 e. The minimum atomic E-state index is -0.508. The van der Waals surface area contributed by atoms with Gasteiger partial charge in [-0.15, -0.1) is 0 Å². The third-order valence-corrected chi connectivity index (χ3v) is 4.89. The Morgan fingerprint density at radius 2 is 1.92 bits per heavy atom. The van der Waals surface area contributed by atoms with Crippen LogP contribution in [-0.2, 0) is 0 Å². The molecule has 1 heterocycles. The molecule has 2 aromatic carbocycles. The molecule has 5 heteroatoms. The van der Waals surface area contributed by atoms with Crippen LogP contribution < -0.4 is 0 Å². The molecule has 25 heavy (non-hydrogen) atoms. The summed E-state index contributed by atoms with van der Waals surface area (Å²) in [5.74, 6) is -1.04. The Kier molecular flexibility index (Phi) is 4.86. The van der Waals surface area contributed by atoms with Crippen LogP contribution in [0.15, 0.2) is 36.4 Å². The number of carbonyl (C=O) groups is 1. The molecular weight excluding hydrogens is 324 g/mol. The Hall–Kier alpha value is -2.27. The number of hydrogen-bond acceptors (Lipinski definition) is 2. The van der Waals surface area contributed by atoms with E-state index in [9.17, 15) is 18.7 Å². The van der Waals surface area contributed by atoms with Crippen LogP contribution in [0.5, 0.6) is 0 Å². The van der Waals surface area contributed by atoms with Crippen molar-refractivity contribution in [2.75, 3.05) is 13.1 Å². The zero-order chi connectivity index (χ0) is 18.1. The van der Waals surface area contributed by atoms with Crippen molar-refractivity contribution in [1.82, 2.24) is 4.90 Å². The van der Waals surface area contributed by atoms with Crippen molar-refractivity contribution in [1.29, 1.82) is 0 Å². The van der Waals surface area contributed by atoms with Crippen LogP contribution in [0.25, 0.3) is 11.1 Å². The lowest BCUT2D eigenvalue weighted by Crippen LogP contribution is -2.30. The fraction of sp³-hybridized carbons (Fsp3) is 0.350. The van der Waals surface area contributed by atoms with Crippen LogP contribution in [0, 0.1) is 24.5 Å². The maximum Gasteiger partial charge on any atom is 0.253 e. The molecule has 2 aromatic rings. The standard InChI is InChI=1S/C20H21F2NO2/c1-12-9-16(21)4-6-17(12)18-5-3-14(10-19(18)22)20(25)23-8-7-15(11-23)13(2)24/h3-6,9-10,13,15,24H,7-8,11H2,1-2H3. The molecule has 3 nitrogen and oxygen atoms in total. The molecule has 0 saturated carbocycles. The summed E-state index contributed by atoms with van der Waals surface area (Å²) < 4.78 is 27.8. The summed E-state index contributed by atoms with van der Waals surface area (Å²) in [4.78, 5) is 14.2. The summed E-state index contributed by atoms with van der Waals surface area (Å²) >= 11 is 0. The Balaban J connectivity index is 1.84. The molecule has 3 rings (SSSR count). The first-order chi connectivity index (χ1) is 11.9. The van der Waals surface area contributed by atoms with E-state index in [4.69, 9.17) is 0 Å². The fourth-order valence-electron chi connectivity index (χ4n) is 3.34. The molecule has 1 aliphatic rings. The molecule has 0 radical (unpaired) electrons.